The first-order chi connectivity index (χ1) is 7.05. The summed E-state index contributed by atoms with van der Waals surface area (Å²) in [4.78, 5) is 12.2. The van der Waals surface area contributed by atoms with E-state index in [0.717, 1.165) is 25.7 Å². The lowest BCUT2D eigenvalue weighted by atomic mass is 9.71. The molecule has 0 radical (unpaired) electrons. The molecule has 0 spiro atoms. The molecule has 82 valence electrons. The molecule has 3 fully saturated rings. The fourth-order valence-corrected chi connectivity index (χ4v) is 4.66. The topological polar surface area (TPSA) is 37.3 Å². The van der Waals surface area contributed by atoms with E-state index in [1.807, 2.05) is 13.0 Å². The Hall–Kier alpha value is -0.630. The van der Waals surface area contributed by atoms with Gasteiger partial charge in [0, 0.05) is 11.8 Å². The van der Waals surface area contributed by atoms with E-state index < -0.39 is 11.0 Å². The highest BCUT2D eigenvalue weighted by Crippen LogP contribution is 2.70. The van der Waals surface area contributed by atoms with E-state index in [0.29, 0.717) is 11.7 Å². The van der Waals surface area contributed by atoms with Crippen LogP contribution >= 0.6 is 0 Å². The number of aliphatic hydroxyl groups is 1. The van der Waals surface area contributed by atoms with Crippen molar-refractivity contribution < 1.29 is 9.90 Å². The Morgan fingerprint density at radius 1 is 1.67 bits per heavy atom. The Bertz CT molecular complexity index is 348. The molecule has 0 aliphatic heterocycles. The second-order valence-electron chi connectivity index (χ2n) is 5.73. The number of carbonyl (C=O) groups excluding carboxylic acids is 1. The van der Waals surface area contributed by atoms with E-state index in [4.69, 9.17) is 0 Å². The maximum absolute atomic E-state index is 12.2. The van der Waals surface area contributed by atoms with E-state index >= 15 is 0 Å². The minimum Gasteiger partial charge on any atom is -0.388 e. The summed E-state index contributed by atoms with van der Waals surface area (Å²) >= 11 is 0. The standard InChI is InChI=1S/C13H18O2/c1-3-4-10-9-7-8-5-6-12(2,11(9)14)13(8,10)15/h3,8-10,15H,1,4-7H2,2H3. The summed E-state index contributed by atoms with van der Waals surface area (Å²) in [6.45, 7) is 5.72. The van der Waals surface area contributed by atoms with E-state index in [1.54, 1.807) is 0 Å². The highest BCUT2D eigenvalue weighted by Gasteiger charge is 2.75. The third-order valence-electron chi connectivity index (χ3n) is 5.39. The van der Waals surface area contributed by atoms with Gasteiger partial charge in [-0.1, -0.05) is 6.08 Å². The second kappa shape index (κ2) is 2.54. The molecule has 0 saturated heterocycles. The summed E-state index contributed by atoms with van der Waals surface area (Å²) in [7, 11) is 0. The number of hydrogen-bond donors (Lipinski definition) is 1. The smallest absolute Gasteiger partial charge is 0.145 e. The zero-order valence-electron chi connectivity index (χ0n) is 9.20. The summed E-state index contributed by atoms with van der Waals surface area (Å²) < 4.78 is 0. The summed E-state index contributed by atoms with van der Waals surface area (Å²) in [5, 5.41) is 10.9. The van der Waals surface area contributed by atoms with Crippen molar-refractivity contribution in [1.29, 1.82) is 0 Å². The zero-order valence-corrected chi connectivity index (χ0v) is 9.20. The molecule has 2 bridgehead atoms. The predicted octanol–water partition coefficient (Wildman–Crippen LogP) is 1.93. The van der Waals surface area contributed by atoms with Gasteiger partial charge in [-0.25, -0.2) is 0 Å². The van der Waals surface area contributed by atoms with E-state index in [2.05, 4.69) is 6.58 Å². The Balaban J connectivity index is 2.11. The molecule has 0 aromatic rings. The number of fused-ring (bicyclic) bond motifs is 1. The minimum absolute atomic E-state index is 0.116. The van der Waals surface area contributed by atoms with Crippen LogP contribution in [-0.2, 0) is 4.79 Å². The summed E-state index contributed by atoms with van der Waals surface area (Å²) in [5.41, 5.74) is -1.14. The van der Waals surface area contributed by atoms with Crippen molar-refractivity contribution in [3.8, 4) is 0 Å². The number of allylic oxidation sites excluding steroid dienone is 1. The highest BCUT2D eigenvalue weighted by atomic mass is 16.3. The van der Waals surface area contributed by atoms with Crippen LogP contribution in [0.3, 0.4) is 0 Å². The van der Waals surface area contributed by atoms with Crippen LogP contribution in [0.2, 0.25) is 0 Å². The molecular weight excluding hydrogens is 188 g/mol. The van der Waals surface area contributed by atoms with Crippen LogP contribution in [-0.4, -0.2) is 16.5 Å². The van der Waals surface area contributed by atoms with Gasteiger partial charge in [-0.3, -0.25) is 4.79 Å². The Morgan fingerprint density at radius 3 is 3.07 bits per heavy atom. The molecule has 0 aromatic heterocycles. The number of hydrogen-bond acceptors (Lipinski definition) is 2. The molecule has 3 rings (SSSR count). The maximum Gasteiger partial charge on any atom is 0.145 e. The van der Waals surface area contributed by atoms with Crippen LogP contribution in [0, 0.1) is 23.2 Å². The molecule has 0 amide bonds. The predicted molar refractivity (Wildman–Crippen MR) is 57.2 cm³/mol. The van der Waals surface area contributed by atoms with Gasteiger partial charge in [-0.2, -0.15) is 0 Å². The highest BCUT2D eigenvalue weighted by molar-refractivity contribution is 5.93. The number of Topliss-reactive ketones (excluding diaryl/α,β-unsaturated/α-hetero) is 1. The lowest BCUT2D eigenvalue weighted by Gasteiger charge is -2.38. The van der Waals surface area contributed by atoms with Gasteiger partial charge in [-0.15, -0.1) is 6.58 Å². The third-order valence-corrected chi connectivity index (χ3v) is 5.39. The fourth-order valence-electron chi connectivity index (χ4n) is 4.66. The third kappa shape index (κ3) is 0.770. The van der Waals surface area contributed by atoms with E-state index in [9.17, 15) is 9.90 Å². The first kappa shape index (κ1) is 9.59. The second-order valence-corrected chi connectivity index (χ2v) is 5.73. The van der Waals surface area contributed by atoms with E-state index in [1.165, 1.54) is 0 Å². The number of carbonyl (C=O) groups is 1. The molecule has 2 heteroatoms. The van der Waals surface area contributed by atoms with E-state index in [-0.39, 0.29) is 11.8 Å². The quantitative estimate of drug-likeness (QED) is 0.701. The SMILES string of the molecule is C=CCC1C2CC3CCC(C)(C2=O)C31O. The monoisotopic (exact) mass is 206 g/mol. The van der Waals surface area contributed by atoms with Gasteiger partial charge in [0.05, 0.1) is 11.0 Å². The zero-order chi connectivity index (χ0) is 10.8. The molecule has 3 saturated carbocycles. The molecule has 2 nitrogen and oxygen atoms in total. The van der Waals surface area contributed by atoms with Crippen LogP contribution < -0.4 is 0 Å². The van der Waals surface area contributed by atoms with Crippen molar-refractivity contribution in [1.82, 2.24) is 0 Å². The van der Waals surface area contributed by atoms with Gasteiger partial charge >= 0.3 is 0 Å². The van der Waals surface area contributed by atoms with Crippen molar-refractivity contribution in [3.05, 3.63) is 12.7 Å². The summed E-state index contributed by atoms with van der Waals surface area (Å²) in [5.74, 6) is 0.964. The van der Waals surface area contributed by atoms with Gasteiger partial charge in [0.2, 0.25) is 0 Å². The van der Waals surface area contributed by atoms with Gasteiger partial charge in [0.25, 0.3) is 0 Å². The van der Waals surface area contributed by atoms with Crippen molar-refractivity contribution in [2.75, 3.05) is 0 Å². The summed E-state index contributed by atoms with van der Waals surface area (Å²) in [6, 6.07) is 0. The first-order valence-corrected chi connectivity index (χ1v) is 5.93. The van der Waals surface area contributed by atoms with Gasteiger partial charge < -0.3 is 5.11 Å². The molecule has 1 N–H and O–H groups in total. The lowest BCUT2D eigenvalue weighted by Crippen LogP contribution is -2.48. The normalized spacial score (nSPS) is 56.4. The first-order valence-electron chi connectivity index (χ1n) is 5.93. The molecular formula is C13H18O2. The number of rotatable bonds is 2. The molecule has 5 atom stereocenters. The van der Waals surface area contributed by atoms with Crippen molar-refractivity contribution >= 4 is 5.78 Å². The van der Waals surface area contributed by atoms with Gasteiger partial charge in [0.1, 0.15) is 5.78 Å². The molecule has 3 aliphatic carbocycles. The lowest BCUT2D eigenvalue weighted by molar-refractivity contribution is -0.141. The van der Waals surface area contributed by atoms with Crippen LogP contribution in [0.1, 0.15) is 32.6 Å². The molecule has 15 heavy (non-hydrogen) atoms. The van der Waals surface area contributed by atoms with Crippen molar-refractivity contribution in [2.24, 2.45) is 23.2 Å². The van der Waals surface area contributed by atoms with Gasteiger partial charge in [-0.05, 0) is 38.5 Å². The fraction of sp³-hybridized carbons (Fsp3) is 0.769. The Labute approximate surface area is 90.4 Å². The van der Waals surface area contributed by atoms with Crippen LogP contribution in [0.4, 0.5) is 0 Å². The Kier molecular flexibility index (Phi) is 1.62. The van der Waals surface area contributed by atoms with Gasteiger partial charge in [0.15, 0.2) is 0 Å². The van der Waals surface area contributed by atoms with Crippen molar-refractivity contribution in [2.45, 2.75) is 38.2 Å². The maximum atomic E-state index is 12.2. The Morgan fingerprint density at radius 2 is 2.40 bits per heavy atom. The summed E-state index contributed by atoms with van der Waals surface area (Å²) in [6.07, 6.45) is 5.48. The van der Waals surface area contributed by atoms with Crippen LogP contribution in [0.15, 0.2) is 12.7 Å². The largest absolute Gasteiger partial charge is 0.388 e. The molecule has 0 heterocycles. The van der Waals surface area contributed by atoms with Crippen LogP contribution in [0.25, 0.3) is 0 Å². The minimum atomic E-state index is -0.705. The molecule has 5 unspecified atom stereocenters. The van der Waals surface area contributed by atoms with Crippen LogP contribution in [0.5, 0.6) is 0 Å². The van der Waals surface area contributed by atoms with Crippen molar-refractivity contribution in [3.63, 3.8) is 0 Å². The average molecular weight is 206 g/mol. The molecule has 0 aromatic carbocycles. The number of ketones is 1. The average Bonchev–Trinajstić information content (AvgIpc) is 2.62. The molecule has 3 aliphatic rings.